The summed E-state index contributed by atoms with van der Waals surface area (Å²) in [6.07, 6.45) is 0. The van der Waals surface area contributed by atoms with Crippen molar-refractivity contribution in [3.8, 4) is 0 Å². The number of rotatable bonds is 2. The van der Waals surface area contributed by atoms with Crippen LogP contribution in [-0.2, 0) is 5.88 Å². The first-order chi connectivity index (χ1) is 7.22. The summed E-state index contributed by atoms with van der Waals surface area (Å²) in [5, 5.41) is 1.61. The molecule has 0 heterocycles. The smallest absolute Gasteiger partial charge is 0.252 e. The van der Waals surface area contributed by atoms with Crippen molar-refractivity contribution < 1.29 is 4.79 Å². The Balaban J connectivity index is 2.69. The van der Waals surface area contributed by atoms with E-state index < -0.39 is 5.24 Å². The van der Waals surface area contributed by atoms with Crippen molar-refractivity contribution in [2.24, 2.45) is 0 Å². The van der Waals surface area contributed by atoms with E-state index in [9.17, 15) is 4.79 Å². The summed E-state index contributed by atoms with van der Waals surface area (Å²) in [6.45, 7) is 0. The number of carbonyl (C=O) groups excluding carboxylic acids is 1. The van der Waals surface area contributed by atoms with E-state index in [0.717, 1.165) is 16.3 Å². The molecular weight excluding hydrogens is 231 g/mol. The largest absolute Gasteiger partial charge is 0.276 e. The second-order valence-corrected chi connectivity index (χ2v) is 3.87. The molecule has 0 atom stereocenters. The van der Waals surface area contributed by atoms with Crippen LogP contribution in [0.25, 0.3) is 10.8 Å². The van der Waals surface area contributed by atoms with E-state index in [1.807, 2.05) is 24.3 Å². The Morgan fingerprint density at radius 3 is 2.67 bits per heavy atom. The molecule has 3 heteroatoms. The Hall–Kier alpha value is -1.05. The molecule has 2 aromatic carbocycles. The molecule has 0 spiro atoms. The molecule has 0 radical (unpaired) electrons. The van der Waals surface area contributed by atoms with Crippen molar-refractivity contribution in [3.63, 3.8) is 0 Å². The van der Waals surface area contributed by atoms with Crippen LogP contribution in [0.1, 0.15) is 15.9 Å². The first kappa shape index (κ1) is 10.5. The number of hydrogen-bond acceptors (Lipinski definition) is 1. The van der Waals surface area contributed by atoms with Crippen LogP contribution in [0.2, 0.25) is 0 Å². The van der Waals surface area contributed by atoms with Crippen LogP contribution in [-0.4, -0.2) is 5.24 Å². The van der Waals surface area contributed by atoms with Crippen LogP contribution in [0, 0.1) is 0 Å². The summed E-state index contributed by atoms with van der Waals surface area (Å²) in [6, 6.07) is 11.2. The van der Waals surface area contributed by atoms with E-state index in [2.05, 4.69) is 0 Å². The predicted molar refractivity (Wildman–Crippen MR) is 63.7 cm³/mol. The van der Waals surface area contributed by atoms with Crippen molar-refractivity contribution in [1.82, 2.24) is 0 Å². The van der Waals surface area contributed by atoms with Crippen LogP contribution in [0.3, 0.4) is 0 Å². The first-order valence-electron chi connectivity index (χ1n) is 4.50. The summed E-state index contributed by atoms with van der Waals surface area (Å²) < 4.78 is 0. The van der Waals surface area contributed by atoms with E-state index >= 15 is 0 Å². The molecule has 0 unspecified atom stereocenters. The lowest BCUT2D eigenvalue weighted by Crippen LogP contribution is -1.89. The zero-order valence-corrected chi connectivity index (χ0v) is 9.35. The Labute approximate surface area is 97.6 Å². The second-order valence-electron chi connectivity index (χ2n) is 3.26. The van der Waals surface area contributed by atoms with Gasteiger partial charge in [-0.05, 0) is 40.1 Å². The lowest BCUT2D eigenvalue weighted by atomic mass is 10.0. The Bertz CT molecular complexity index is 520. The molecule has 0 aliphatic heterocycles. The van der Waals surface area contributed by atoms with Gasteiger partial charge in [-0.25, -0.2) is 0 Å². The SMILES string of the molecule is O=C(Cl)c1ccc2c(CCl)cccc2c1. The molecule has 76 valence electrons. The van der Waals surface area contributed by atoms with Gasteiger partial charge in [0.25, 0.3) is 5.24 Å². The van der Waals surface area contributed by atoms with Crippen molar-refractivity contribution in [2.45, 2.75) is 5.88 Å². The highest BCUT2D eigenvalue weighted by Gasteiger charge is 2.04. The molecule has 0 bridgehead atoms. The normalized spacial score (nSPS) is 10.5. The van der Waals surface area contributed by atoms with Gasteiger partial charge in [-0.1, -0.05) is 24.3 Å². The minimum atomic E-state index is -0.437. The lowest BCUT2D eigenvalue weighted by Gasteiger charge is -2.04. The fourth-order valence-electron chi connectivity index (χ4n) is 1.59. The van der Waals surface area contributed by atoms with E-state index in [0.29, 0.717) is 11.4 Å². The van der Waals surface area contributed by atoms with Gasteiger partial charge in [0.15, 0.2) is 0 Å². The summed E-state index contributed by atoms with van der Waals surface area (Å²) in [5.41, 5.74) is 1.57. The van der Waals surface area contributed by atoms with Crippen molar-refractivity contribution in [3.05, 3.63) is 47.5 Å². The lowest BCUT2D eigenvalue weighted by molar-refractivity contribution is 0.108. The molecule has 0 N–H and O–H groups in total. The van der Waals surface area contributed by atoms with Gasteiger partial charge in [-0.15, -0.1) is 11.6 Å². The highest BCUT2D eigenvalue weighted by atomic mass is 35.5. The predicted octanol–water partition coefficient (Wildman–Crippen LogP) is 3.96. The molecule has 2 aromatic rings. The van der Waals surface area contributed by atoms with Gasteiger partial charge in [0.1, 0.15) is 0 Å². The molecule has 0 fully saturated rings. The standard InChI is InChI=1S/C12H8Cl2O/c13-7-10-3-1-2-8-6-9(12(14)15)4-5-11(8)10/h1-6H,7H2. The third kappa shape index (κ3) is 1.99. The van der Waals surface area contributed by atoms with Crippen LogP contribution in [0.5, 0.6) is 0 Å². The van der Waals surface area contributed by atoms with Gasteiger partial charge in [-0.3, -0.25) is 4.79 Å². The molecule has 1 nitrogen and oxygen atoms in total. The monoisotopic (exact) mass is 238 g/mol. The maximum Gasteiger partial charge on any atom is 0.252 e. The molecule has 2 rings (SSSR count). The van der Waals surface area contributed by atoms with Crippen LogP contribution in [0.4, 0.5) is 0 Å². The third-order valence-electron chi connectivity index (χ3n) is 2.34. The topological polar surface area (TPSA) is 17.1 Å². The molecule has 0 saturated carbocycles. The van der Waals surface area contributed by atoms with Crippen molar-refractivity contribution in [1.29, 1.82) is 0 Å². The van der Waals surface area contributed by atoms with Gasteiger partial charge in [0.05, 0.1) is 0 Å². The number of benzene rings is 2. The number of hydrogen-bond donors (Lipinski definition) is 0. The third-order valence-corrected chi connectivity index (χ3v) is 2.85. The van der Waals surface area contributed by atoms with Crippen LogP contribution < -0.4 is 0 Å². The summed E-state index contributed by atoms with van der Waals surface area (Å²) in [5.74, 6) is 0.464. The molecule has 0 aromatic heterocycles. The average Bonchev–Trinajstić information content (AvgIpc) is 2.27. The van der Waals surface area contributed by atoms with Gasteiger partial charge >= 0.3 is 0 Å². The molecule has 15 heavy (non-hydrogen) atoms. The summed E-state index contributed by atoms with van der Waals surface area (Å²) in [7, 11) is 0. The number of halogens is 2. The maximum atomic E-state index is 11.0. The van der Waals surface area contributed by atoms with E-state index in [1.165, 1.54) is 0 Å². The molecular formula is C12H8Cl2O. The van der Waals surface area contributed by atoms with E-state index in [-0.39, 0.29) is 0 Å². The number of alkyl halides is 1. The average molecular weight is 239 g/mol. The number of fused-ring (bicyclic) bond motifs is 1. The Kier molecular flexibility index (Phi) is 2.94. The fraction of sp³-hybridized carbons (Fsp3) is 0.0833. The Morgan fingerprint density at radius 1 is 1.20 bits per heavy atom. The van der Waals surface area contributed by atoms with Gasteiger partial charge < -0.3 is 0 Å². The minimum Gasteiger partial charge on any atom is -0.276 e. The molecule has 0 aliphatic carbocycles. The highest BCUT2D eigenvalue weighted by molar-refractivity contribution is 6.67. The summed E-state index contributed by atoms with van der Waals surface area (Å²) >= 11 is 11.2. The highest BCUT2D eigenvalue weighted by Crippen LogP contribution is 2.22. The Morgan fingerprint density at radius 2 is 2.00 bits per heavy atom. The van der Waals surface area contributed by atoms with E-state index in [4.69, 9.17) is 23.2 Å². The van der Waals surface area contributed by atoms with Crippen molar-refractivity contribution >= 4 is 39.2 Å². The quantitative estimate of drug-likeness (QED) is 0.572. The fourth-order valence-corrected chi connectivity index (χ4v) is 1.94. The molecule has 0 amide bonds. The van der Waals surface area contributed by atoms with Crippen LogP contribution >= 0.6 is 23.2 Å². The number of carbonyl (C=O) groups is 1. The first-order valence-corrected chi connectivity index (χ1v) is 5.41. The van der Waals surface area contributed by atoms with Gasteiger partial charge in [0, 0.05) is 11.4 Å². The van der Waals surface area contributed by atoms with E-state index in [1.54, 1.807) is 12.1 Å². The van der Waals surface area contributed by atoms with Gasteiger partial charge in [0.2, 0.25) is 0 Å². The molecule has 0 saturated heterocycles. The zero-order valence-electron chi connectivity index (χ0n) is 7.84. The minimum absolute atomic E-state index is 0.437. The van der Waals surface area contributed by atoms with Crippen LogP contribution in [0.15, 0.2) is 36.4 Å². The summed E-state index contributed by atoms with van der Waals surface area (Å²) in [4.78, 5) is 11.0. The van der Waals surface area contributed by atoms with Gasteiger partial charge in [-0.2, -0.15) is 0 Å². The zero-order chi connectivity index (χ0) is 10.8. The van der Waals surface area contributed by atoms with Crippen molar-refractivity contribution in [2.75, 3.05) is 0 Å². The second kappa shape index (κ2) is 4.21. The molecule has 0 aliphatic rings. The maximum absolute atomic E-state index is 11.0.